The SMILES string of the molecule is CCCN1C(=O)C(CC(C)C)NC(=O)C12CCN(C(=O)N(C)c1ccccc1)CC2. The van der Waals surface area contributed by atoms with Crippen molar-refractivity contribution in [2.45, 2.75) is 58.0 Å². The van der Waals surface area contributed by atoms with Gasteiger partial charge in [-0.2, -0.15) is 0 Å². The highest BCUT2D eigenvalue weighted by atomic mass is 16.2. The Hall–Kier alpha value is -2.57. The van der Waals surface area contributed by atoms with Crippen LogP contribution in [0.5, 0.6) is 0 Å². The predicted octanol–water partition coefficient (Wildman–Crippen LogP) is 2.86. The van der Waals surface area contributed by atoms with Crippen LogP contribution in [0.2, 0.25) is 0 Å². The van der Waals surface area contributed by atoms with Crippen LogP contribution in [0.4, 0.5) is 10.5 Å². The molecule has 0 aliphatic carbocycles. The Kier molecular flexibility index (Phi) is 6.68. The minimum Gasteiger partial charge on any atom is -0.342 e. The third-order valence-electron chi connectivity index (χ3n) is 6.25. The molecule has 2 fully saturated rings. The molecule has 7 nitrogen and oxygen atoms in total. The van der Waals surface area contributed by atoms with Crippen molar-refractivity contribution in [3.05, 3.63) is 30.3 Å². The van der Waals surface area contributed by atoms with E-state index in [0.29, 0.717) is 44.8 Å². The maximum atomic E-state index is 13.2. The lowest BCUT2D eigenvalue weighted by Crippen LogP contribution is -2.73. The van der Waals surface area contributed by atoms with Crippen molar-refractivity contribution in [2.24, 2.45) is 5.92 Å². The molecule has 3 rings (SSSR count). The number of anilines is 1. The van der Waals surface area contributed by atoms with Gasteiger partial charge in [-0.1, -0.05) is 39.0 Å². The van der Waals surface area contributed by atoms with Gasteiger partial charge in [0.25, 0.3) is 0 Å². The first-order chi connectivity index (χ1) is 14.3. The van der Waals surface area contributed by atoms with E-state index in [1.807, 2.05) is 42.2 Å². The number of para-hydroxylation sites is 1. The first-order valence-corrected chi connectivity index (χ1v) is 11.0. The van der Waals surface area contributed by atoms with Gasteiger partial charge in [0.15, 0.2) is 0 Å². The van der Waals surface area contributed by atoms with Crippen molar-refractivity contribution in [3.8, 4) is 0 Å². The molecule has 4 amide bonds. The molecule has 1 N–H and O–H groups in total. The Labute approximate surface area is 179 Å². The number of nitrogens with zero attached hydrogens (tertiary/aromatic N) is 3. The van der Waals surface area contributed by atoms with Crippen LogP contribution in [0, 0.1) is 5.92 Å². The third-order valence-corrected chi connectivity index (χ3v) is 6.25. The molecule has 0 radical (unpaired) electrons. The number of likely N-dealkylation sites (tertiary alicyclic amines) is 1. The summed E-state index contributed by atoms with van der Waals surface area (Å²) < 4.78 is 0. The standard InChI is InChI=1S/C23H34N4O3/c1-5-13-27-20(28)19(16-17(2)3)24-21(29)23(27)11-14-26(15-12-23)22(30)25(4)18-9-7-6-8-10-18/h6-10,17,19H,5,11-16H2,1-4H3,(H,24,29). The van der Waals surface area contributed by atoms with Gasteiger partial charge in [0.1, 0.15) is 11.6 Å². The Morgan fingerprint density at radius 1 is 1.20 bits per heavy atom. The number of rotatable bonds is 5. The second-order valence-electron chi connectivity index (χ2n) is 8.84. The van der Waals surface area contributed by atoms with Crippen molar-refractivity contribution in [3.63, 3.8) is 0 Å². The number of urea groups is 1. The summed E-state index contributed by atoms with van der Waals surface area (Å²) in [5.41, 5.74) is -0.0135. The number of amides is 4. The van der Waals surface area contributed by atoms with E-state index in [1.54, 1.807) is 16.8 Å². The lowest BCUT2D eigenvalue weighted by Gasteiger charge is -2.52. The molecule has 7 heteroatoms. The van der Waals surface area contributed by atoms with E-state index in [4.69, 9.17) is 0 Å². The van der Waals surface area contributed by atoms with Crippen LogP contribution < -0.4 is 10.2 Å². The Bertz CT molecular complexity index is 772. The molecule has 1 atom stereocenters. The zero-order valence-electron chi connectivity index (χ0n) is 18.6. The fraction of sp³-hybridized carbons (Fsp3) is 0.609. The fourth-order valence-corrected chi connectivity index (χ4v) is 4.59. The fourth-order valence-electron chi connectivity index (χ4n) is 4.59. The van der Waals surface area contributed by atoms with Gasteiger partial charge in [0, 0.05) is 32.4 Å². The molecular formula is C23H34N4O3. The molecule has 0 saturated carbocycles. The average Bonchev–Trinajstić information content (AvgIpc) is 2.75. The van der Waals surface area contributed by atoms with Gasteiger partial charge < -0.3 is 15.1 Å². The number of hydrogen-bond donors (Lipinski definition) is 1. The highest BCUT2D eigenvalue weighted by Gasteiger charge is 2.53. The molecule has 0 aromatic heterocycles. The van der Waals surface area contributed by atoms with Crippen LogP contribution in [0.25, 0.3) is 0 Å². The largest absolute Gasteiger partial charge is 0.342 e. The quantitative estimate of drug-likeness (QED) is 0.805. The van der Waals surface area contributed by atoms with Crippen LogP contribution >= 0.6 is 0 Å². The summed E-state index contributed by atoms with van der Waals surface area (Å²) in [5.74, 6) is 0.279. The molecule has 1 aromatic rings. The van der Waals surface area contributed by atoms with Gasteiger partial charge in [-0.05, 0) is 43.7 Å². The van der Waals surface area contributed by atoms with Gasteiger partial charge in [-0.15, -0.1) is 0 Å². The smallest absolute Gasteiger partial charge is 0.324 e. The molecule has 0 bridgehead atoms. The predicted molar refractivity (Wildman–Crippen MR) is 117 cm³/mol. The van der Waals surface area contributed by atoms with Crippen LogP contribution in [0.15, 0.2) is 30.3 Å². The topological polar surface area (TPSA) is 73.0 Å². The van der Waals surface area contributed by atoms with Crippen molar-refractivity contribution in [1.82, 2.24) is 15.1 Å². The molecule has 164 valence electrons. The molecule has 2 aliphatic rings. The normalized spacial score (nSPS) is 21.2. The second-order valence-corrected chi connectivity index (χ2v) is 8.84. The number of piperazine rings is 1. The summed E-state index contributed by atoms with van der Waals surface area (Å²) in [7, 11) is 1.76. The number of nitrogens with one attached hydrogen (secondary N) is 1. The first-order valence-electron chi connectivity index (χ1n) is 11.0. The van der Waals surface area contributed by atoms with E-state index >= 15 is 0 Å². The zero-order chi connectivity index (χ0) is 21.9. The van der Waals surface area contributed by atoms with E-state index in [0.717, 1.165) is 12.1 Å². The lowest BCUT2D eigenvalue weighted by atomic mass is 9.81. The summed E-state index contributed by atoms with van der Waals surface area (Å²) in [6.07, 6.45) is 2.38. The minimum atomic E-state index is -0.845. The molecule has 1 spiro atoms. The van der Waals surface area contributed by atoms with Gasteiger partial charge in [0.2, 0.25) is 11.8 Å². The van der Waals surface area contributed by atoms with Gasteiger partial charge in [-0.3, -0.25) is 14.5 Å². The molecule has 2 heterocycles. The van der Waals surface area contributed by atoms with E-state index in [1.165, 1.54) is 0 Å². The number of benzene rings is 1. The van der Waals surface area contributed by atoms with E-state index in [-0.39, 0.29) is 17.8 Å². The van der Waals surface area contributed by atoms with Crippen LogP contribution in [0.1, 0.15) is 46.5 Å². The lowest BCUT2D eigenvalue weighted by molar-refractivity contribution is -0.161. The highest BCUT2D eigenvalue weighted by Crippen LogP contribution is 2.34. The third kappa shape index (κ3) is 4.16. The maximum absolute atomic E-state index is 13.2. The number of hydrogen-bond acceptors (Lipinski definition) is 3. The van der Waals surface area contributed by atoms with Gasteiger partial charge in [-0.25, -0.2) is 4.79 Å². The molecule has 2 saturated heterocycles. The van der Waals surface area contributed by atoms with Gasteiger partial charge in [0.05, 0.1) is 0 Å². The Balaban J connectivity index is 1.74. The maximum Gasteiger partial charge on any atom is 0.324 e. The van der Waals surface area contributed by atoms with Crippen molar-refractivity contribution in [2.75, 3.05) is 31.6 Å². The number of carbonyl (C=O) groups excluding carboxylic acids is 3. The average molecular weight is 415 g/mol. The van der Waals surface area contributed by atoms with Gasteiger partial charge >= 0.3 is 6.03 Å². The van der Waals surface area contributed by atoms with E-state index in [9.17, 15) is 14.4 Å². The van der Waals surface area contributed by atoms with Crippen LogP contribution in [-0.2, 0) is 9.59 Å². The monoisotopic (exact) mass is 414 g/mol. The first kappa shape index (κ1) is 22.1. The van der Waals surface area contributed by atoms with E-state index in [2.05, 4.69) is 19.2 Å². The van der Waals surface area contributed by atoms with Crippen LogP contribution in [-0.4, -0.2) is 65.9 Å². The summed E-state index contributed by atoms with van der Waals surface area (Å²) >= 11 is 0. The summed E-state index contributed by atoms with van der Waals surface area (Å²) in [4.78, 5) is 44.6. The summed E-state index contributed by atoms with van der Waals surface area (Å²) in [6, 6.07) is 8.98. The highest BCUT2D eigenvalue weighted by molar-refractivity contribution is 6.00. The zero-order valence-corrected chi connectivity index (χ0v) is 18.6. The molecule has 1 unspecified atom stereocenters. The molecule has 30 heavy (non-hydrogen) atoms. The second kappa shape index (κ2) is 9.06. The van der Waals surface area contributed by atoms with Crippen molar-refractivity contribution in [1.29, 1.82) is 0 Å². The minimum absolute atomic E-state index is 0.0198. The number of piperidine rings is 1. The molecule has 1 aromatic carbocycles. The van der Waals surface area contributed by atoms with Crippen molar-refractivity contribution < 1.29 is 14.4 Å². The molecular weight excluding hydrogens is 380 g/mol. The summed E-state index contributed by atoms with van der Waals surface area (Å²) in [6.45, 7) is 7.61. The van der Waals surface area contributed by atoms with E-state index < -0.39 is 11.6 Å². The summed E-state index contributed by atoms with van der Waals surface area (Å²) in [5, 5.41) is 3.00. The number of carbonyl (C=O) groups is 3. The van der Waals surface area contributed by atoms with Crippen LogP contribution in [0.3, 0.4) is 0 Å². The molecule has 2 aliphatic heterocycles. The Morgan fingerprint density at radius 2 is 1.83 bits per heavy atom. The Morgan fingerprint density at radius 3 is 2.40 bits per heavy atom. The van der Waals surface area contributed by atoms with Crippen molar-refractivity contribution >= 4 is 23.5 Å².